The average Bonchev–Trinajstić information content (AvgIpc) is 2.48. The van der Waals surface area contributed by atoms with Gasteiger partial charge in [-0.1, -0.05) is 26.0 Å². The first-order chi connectivity index (χ1) is 10.8. The molecule has 2 amide bonds. The minimum absolute atomic E-state index is 0.196. The lowest BCUT2D eigenvalue weighted by molar-refractivity contribution is 0.259. The van der Waals surface area contributed by atoms with Crippen LogP contribution >= 0.6 is 0 Å². The minimum atomic E-state index is -3.65. The molecule has 0 saturated heterocycles. The van der Waals surface area contributed by atoms with Crippen LogP contribution in [0.1, 0.15) is 25.3 Å². The van der Waals surface area contributed by atoms with E-state index in [1.54, 1.807) is 48.5 Å². The van der Waals surface area contributed by atoms with Gasteiger partial charge in [0.05, 0.1) is 4.90 Å². The molecule has 0 spiro atoms. The Morgan fingerprint density at radius 1 is 0.957 bits per heavy atom. The van der Waals surface area contributed by atoms with E-state index in [1.165, 1.54) is 0 Å². The Hall–Kier alpha value is -2.54. The molecule has 4 N–H and O–H groups in total. The maximum atomic E-state index is 12.3. The van der Waals surface area contributed by atoms with Crippen LogP contribution in [0.4, 0.5) is 16.2 Å². The van der Waals surface area contributed by atoms with Crippen molar-refractivity contribution in [3.05, 3.63) is 54.1 Å². The molecule has 0 saturated carbocycles. The average molecular weight is 333 g/mol. The first-order valence-corrected chi connectivity index (χ1v) is 8.55. The number of rotatable bonds is 5. The van der Waals surface area contributed by atoms with Crippen LogP contribution in [0, 0.1) is 0 Å². The van der Waals surface area contributed by atoms with E-state index in [0.717, 1.165) is 5.56 Å². The molecule has 2 aromatic carbocycles. The van der Waals surface area contributed by atoms with Crippen molar-refractivity contribution in [3.8, 4) is 0 Å². The van der Waals surface area contributed by atoms with Gasteiger partial charge in [-0.15, -0.1) is 0 Å². The van der Waals surface area contributed by atoms with Crippen molar-refractivity contribution in [3.63, 3.8) is 0 Å². The summed E-state index contributed by atoms with van der Waals surface area (Å²) in [7, 11) is -3.65. The third kappa shape index (κ3) is 4.46. The van der Waals surface area contributed by atoms with Crippen molar-refractivity contribution >= 4 is 27.4 Å². The van der Waals surface area contributed by atoms with E-state index in [0.29, 0.717) is 17.3 Å². The Balaban J connectivity index is 2.15. The zero-order valence-corrected chi connectivity index (χ0v) is 13.7. The fourth-order valence-electron chi connectivity index (χ4n) is 2.01. The summed E-state index contributed by atoms with van der Waals surface area (Å²) in [6, 6.07) is 12.3. The van der Waals surface area contributed by atoms with E-state index < -0.39 is 16.1 Å². The summed E-state index contributed by atoms with van der Waals surface area (Å²) < 4.78 is 27.2. The van der Waals surface area contributed by atoms with Crippen LogP contribution in [0.3, 0.4) is 0 Å². The van der Waals surface area contributed by atoms with Crippen molar-refractivity contribution in [2.75, 3.05) is 10.0 Å². The summed E-state index contributed by atoms with van der Waals surface area (Å²) in [5, 5.41) is 2.40. The van der Waals surface area contributed by atoms with Gasteiger partial charge < -0.3 is 11.1 Å². The van der Waals surface area contributed by atoms with E-state index in [2.05, 4.69) is 10.0 Å². The van der Waals surface area contributed by atoms with Crippen molar-refractivity contribution in [1.29, 1.82) is 0 Å². The van der Waals surface area contributed by atoms with Crippen LogP contribution in [0.2, 0.25) is 0 Å². The molecule has 0 bridgehead atoms. The summed E-state index contributed by atoms with van der Waals surface area (Å²) in [5.41, 5.74) is 6.97. The number of hydrogen-bond acceptors (Lipinski definition) is 3. The highest BCUT2D eigenvalue weighted by atomic mass is 32.2. The van der Waals surface area contributed by atoms with E-state index in [9.17, 15) is 13.2 Å². The standard InChI is InChI=1S/C16H19N3O3S/c1-11(2)12-3-9-15(10-4-12)23(21,22)19-14-7-5-13(6-8-14)18-16(17)20/h3-11,19H,1-2H3,(H3,17,18,20). The predicted molar refractivity (Wildman–Crippen MR) is 91.0 cm³/mol. The Labute approximate surface area is 135 Å². The lowest BCUT2D eigenvalue weighted by Crippen LogP contribution is -2.19. The van der Waals surface area contributed by atoms with Crippen LogP contribution in [0.25, 0.3) is 0 Å². The number of amides is 2. The number of nitrogens with two attached hydrogens (primary N) is 1. The highest BCUT2D eigenvalue weighted by Crippen LogP contribution is 2.21. The van der Waals surface area contributed by atoms with Crippen LogP contribution in [0.15, 0.2) is 53.4 Å². The second kappa shape index (κ2) is 6.70. The number of carbonyl (C=O) groups is 1. The molecule has 2 aromatic rings. The quantitative estimate of drug-likeness (QED) is 0.783. The zero-order chi connectivity index (χ0) is 17.0. The van der Waals surface area contributed by atoms with E-state index in [4.69, 9.17) is 5.73 Å². The number of primary amides is 1. The number of urea groups is 1. The van der Waals surface area contributed by atoms with E-state index in [-0.39, 0.29) is 4.90 Å². The van der Waals surface area contributed by atoms with Crippen molar-refractivity contribution in [2.45, 2.75) is 24.7 Å². The van der Waals surface area contributed by atoms with Gasteiger partial charge in [0.1, 0.15) is 0 Å². The molecule has 0 heterocycles. The molecule has 122 valence electrons. The van der Waals surface area contributed by atoms with Crippen molar-refractivity contribution in [2.24, 2.45) is 5.73 Å². The first kappa shape index (κ1) is 16.8. The molecule has 0 radical (unpaired) electrons. The molecule has 0 atom stereocenters. The zero-order valence-electron chi connectivity index (χ0n) is 12.9. The smallest absolute Gasteiger partial charge is 0.316 e. The molecule has 6 nitrogen and oxygen atoms in total. The second-order valence-corrected chi connectivity index (χ2v) is 7.08. The van der Waals surface area contributed by atoms with Gasteiger partial charge in [-0.2, -0.15) is 0 Å². The molecule has 0 aromatic heterocycles. The first-order valence-electron chi connectivity index (χ1n) is 7.07. The number of anilines is 2. The Bertz CT molecular complexity index is 782. The monoisotopic (exact) mass is 333 g/mol. The Morgan fingerprint density at radius 2 is 1.48 bits per heavy atom. The molecule has 2 rings (SSSR count). The third-order valence-electron chi connectivity index (χ3n) is 3.26. The molecule has 0 aliphatic carbocycles. The van der Waals surface area contributed by atoms with Crippen molar-refractivity contribution in [1.82, 2.24) is 0 Å². The van der Waals surface area contributed by atoms with E-state index >= 15 is 0 Å². The molecule has 0 unspecified atom stereocenters. The van der Waals surface area contributed by atoms with Crippen LogP contribution in [-0.2, 0) is 10.0 Å². The summed E-state index contributed by atoms with van der Waals surface area (Å²) in [6.45, 7) is 4.09. The topological polar surface area (TPSA) is 101 Å². The summed E-state index contributed by atoms with van der Waals surface area (Å²) in [6.07, 6.45) is 0. The number of nitrogens with one attached hydrogen (secondary N) is 2. The minimum Gasteiger partial charge on any atom is -0.351 e. The molecular weight excluding hydrogens is 314 g/mol. The predicted octanol–water partition coefficient (Wildman–Crippen LogP) is 3.10. The largest absolute Gasteiger partial charge is 0.351 e. The SMILES string of the molecule is CC(C)c1ccc(S(=O)(=O)Nc2ccc(NC(N)=O)cc2)cc1. The molecule has 7 heteroatoms. The third-order valence-corrected chi connectivity index (χ3v) is 4.66. The van der Waals surface area contributed by atoms with Gasteiger partial charge >= 0.3 is 6.03 Å². The Morgan fingerprint density at radius 3 is 1.96 bits per heavy atom. The fraction of sp³-hybridized carbons (Fsp3) is 0.188. The molecule has 0 fully saturated rings. The normalized spacial score (nSPS) is 11.3. The summed E-state index contributed by atoms with van der Waals surface area (Å²) in [4.78, 5) is 10.9. The van der Waals surface area contributed by atoms with Crippen molar-refractivity contribution < 1.29 is 13.2 Å². The number of carbonyl (C=O) groups excluding carboxylic acids is 1. The highest BCUT2D eigenvalue weighted by molar-refractivity contribution is 7.92. The highest BCUT2D eigenvalue weighted by Gasteiger charge is 2.14. The van der Waals surface area contributed by atoms with Gasteiger partial charge in [-0.25, -0.2) is 13.2 Å². The van der Waals surface area contributed by atoms with Crippen LogP contribution < -0.4 is 15.8 Å². The Kier molecular flexibility index (Phi) is 4.90. The molecule has 0 aliphatic rings. The number of benzene rings is 2. The van der Waals surface area contributed by atoms with Gasteiger partial charge in [0.2, 0.25) is 0 Å². The lowest BCUT2D eigenvalue weighted by Gasteiger charge is -2.10. The number of sulfonamides is 1. The molecular formula is C16H19N3O3S. The van der Waals surface area contributed by atoms with Crippen LogP contribution in [0.5, 0.6) is 0 Å². The lowest BCUT2D eigenvalue weighted by atomic mass is 10.0. The maximum Gasteiger partial charge on any atom is 0.316 e. The second-order valence-electron chi connectivity index (χ2n) is 5.40. The van der Waals surface area contributed by atoms with E-state index in [1.807, 2.05) is 13.8 Å². The summed E-state index contributed by atoms with van der Waals surface area (Å²) in [5.74, 6) is 0.338. The van der Waals surface area contributed by atoms with Crippen LogP contribution in [-0.4, -0.2) is 14.4 Å². The summed E-state index contributed by atoms with van der Waals surface area (Å²) >= 11 is 0. The maximum absolute atomic E-state index is 12.3. The van der Waals surface area contributed by atoms with Gasteiger partial charge in [0.15, 0.2) is 0 Å². The molecule has 23 heavy (non-hydrogen) atoms. The van der Waals surface area contributed by atoms with Gasteiger partial charge in [0.25, 0.3) is 10.0 Å². The number of hydrogen-bond donors (Lipinski definition) is 3. The van der Waals surface area contributed by atoms with Gasteiger partial charge in [-0.3, -0.25) is 4.72 Å². The molecule has 0 aliphatic heterocycles. The van der Waals surface area contributed by atoms with Gasteiger partial charge in [0, 0.05) is 11.4 Å². The fourth-order valence-corrected chi connectivity index (χ4v) is 3.07. The van der Waals surface area contributed by atoms with Gasteiger partial charge in [-0.05, 0) is 47.9 Å².